The maximum Gasteiger partial charge on any atom is 0.203 e. The van der Waals surface area contributed by atoms with E-state index >= 15 is 0 Å². The molecule has 0 spiro atoms. The second kappa shape index (κ2) is 4.40. The van der Waals surface area contributed by atoms with E-state index in [1.807, 2.05) is 0 Å². The maximum absolute atomic E-state index is 12.2. The Labute approximate surface area is 116 Å². The van der Waals surface area contributed by atoms with E-state index in [-0.39, 0.29) is 0 Å². The Kier molecular flexibility index (Phi) is 2.84. The van der Waals surface area contributed by atoms with E-state index in [4.69, 9.17) is 11.6 Å². The zero-order valence-corrected chi connectivity index (χ0v) is 11.4. The highest BCUT2D eigenvalue weighted by atomic mass is 35.5. The molecule has 0 fully saturated rings. The Morgan fingerprint density at radius 3 is 2.37 bits per heavy atom. The summed E-state index contributed by atoms with van der Waals surface area (Å²) in [6.45, 7) is 0. The first-order valence-corrected chi connectivity index (χ1v) is 7.57. The normalized spacial score (nSPS) is 16.2. The van der Waals surface area contributed by atoms with Crippen LogP contribution in [0, 0.1) is 0 Å². The second-order valence-corrected chi connectivity index (χ2v) is 6.41. The molecule has 1 aliphatic rings. The first kappa shape index (κ1) is 12.3. The first-order valence-electron chi connectivity index (χ1n) is 5.65. The van der Waals surface area contributed by atoms with E-state index in [0.717, 1.165) is 5.56 Å². The summed E-state index contributed by atoms with van der Waals surface area (Å²) >= 11 is 5.83. The number of fused-ring (bicyclic) bond motifs is 1. The van der Waals surface area contributed by atoms with Crippen molar-refractivity contribution in [1.82, 2.24) is 0 Å². The van der Waals surface area contributed by atoms with Crippen LogP contribution in [0.1, 0.15) is 5.56 Å². The summed E-state index contributed by atoms with van der Waals surface area (Å²) in [5.74, 6) is 0. The molecule has 0 bridgehead atoms. The predicted molar refractivity (Wildman–Crippen MR) is 76.7 cm³/mol. The van der Waals surface area contributed by atoms with E-state index < -0.39 is 9.84 Å². The molecule has 19 heavy (non-hydrogen) atoms. The van der Waals surface area contributed by atoms with Crippen LogP contribution in [0.3, 0.4) is 0 Å². The monoisotopic (exact) mass is 291 g/mol. The van der Waals surface area contributed by atoms with E-state index in [0.29, 0.717) is 21.3 Å². The molecule has 0 atom stereocenters. The number of para-hydroxylation sites is 1. The molecule has 2 aromatic carbocycles. The van der Waals surface area contributed by atoms with Crippen LogP contribution >= 0.6 is 11.6 Å². The molecule has 0 aromatic heterocycles. The number of nitrogens with one attached hydrogen (secondary N) is 1. The van der Waals surface area contributed by atoms with Crippen LogP contribution in [0.4, 0.5) is 5.69 Å². The van der Waals surface area contributed by atoms with Gasteiger partial charge in [0.05, 0.1) is 21.7 Å². The third-order valence-corrected chi connectivity index (χ3v) is 4.66. The van der Waals surface area contributed by atoms with Gasteiger partial charge in [0.2, 0.25) is 9.84 Å². The first-order chi connectivity index (χ1) is 9.06. The van der Waals surface area contributed by atoms with Gasteiger partial charge in [-0.05, 0) is 29.8 Å². The van der Waals surface area contributed by atoms with Gasteiger partial charge in [0.1, 0.15) is 0 Å². The van der Waals surface area contributed by atoms with Crippen molar-refractivity contribution in [1.29, 1.82) is 0 Å². The smallest absolute Gasteiger partial charge is 0.203 e. The highest BCUT2D eigenvalue weighted by Gasteiger charge is 2.23. The van der Waals surface area contributed by atoms with Gasteiger partial charge in [-0.1, -0.05) is 35.9 Å². The van der Waals surface area contributed by atoms with Crippen LogP contribution in [-0.2, 0) is 9.84 Å². The average molecular weight is 292 g/mol. The summed E-state index contributed by atoms with van der Waals surface area (Å²) in [6.07, 6.45) is 0. The van der Waals surface area contributed by atoms with E-state index in [1.54, 1.807) is 48.5 Å². The molecule has 0 aliphatic carbocycles. The lowest BCUT2D eigenvalue weighted by Gasteiger charge is -2.19. The minimum atomic E-state index is -3.41. The Morgan fingerprint density at radius 2 is 1.63 bits per heavy atom. The fourth-order valence-corrected chi connectivity index (χ4v) is 3.43. The van der Waals surface area contributed by atoms with Crippen molar-refractivity contribution in [2.24, 2.45) is 0 Å². The summed E-state index contributed by atoms with van der Waals surface area (Å²) in [4.78, 5) is 0.299. The lowest BCUT2D eigenvalue weighted by Crippen LogP contribution is -2.12. The van der Waals surface area contributed by atoms with Crippen LogP contribution in [0.2, 0.25) is 5.02 Å². The number of anilines is 1. The Bertz CT molecular complexity index is 764. The van der Waals surface area contributed by atoms with Gasteiger partial charge in [-0.25, -0.2) is 8.42 Å². The van der Waals surface area contributed by atoms with Crippen molar-refractivity contribution >= 4 is 32.8 Å². The van der Waals surface area contributed by atoms with Gasteiger partial charge in [-0.2, -0.15) is 0 Å². The van der Waals surface area contributed by atoms with E-state index in [9.17, 15) is 8.42 Å². The van der Waals surface area contributed by atoms with Crippen molar-refractivity contribution in [3.63, 3.8) is 0 Å². The van der Waals surface area contributed by atoms with Gasteiger partial charge in [-0.3, -0.25) is 0 Å². The summed E-state index contributed by atoms with van der Waals surface area (Å²) in [7, 11) is -3.41. The van der Waals surface area contributed by atoms with Gasteiger partial charge in [0, 0.05) is 5.02 Å². The second-order valence-electron chi connectivity index (χ2n) is 4.20. The summed E-state index contributed by atoms with van der Waals surface area (Å²) in [5, 5.41) is 4.99. The molecule has 0 amide bonds. The fourth-order valence-electron chi connectivity index (χ4n) is 1.98. The summed E-state index contributed by atoms with van der Waals surface area (Å²) < 4.78 is 24.4. The van der Waals surface area contributed by atoms with E-state index in [2.05, 4.69) is 5.32 Å². The lowest BCUT2D eigenvalue weighted by molar-refractivity contribution is 0.604. The van der Waals surface area contributed by atoms with Gasteiger partial charge in [0.25, 0.3) is 0 Å². The fraction of sp³-hybridized carbons (Fsp3) is 0. The van der Waals surface area contributed by atoms with Gasteiger partial charge >= 0.3 is 0 Å². The maximum atomic E-state index is 12.2. The summed E-state index contributed by atoms with van der Waals surface area (Å²) in [6, 6.07) is 13.9. The third-order valence-electron chi connectivity index (χ3n) is 2.89. The Balaban J connectivity index is 2.12. The number of rotatable bonds is 1. The van der Waals surface area contributed by atoms with Crippen molar-refractivity contribution in [3.8, 4) is 0 Å². The Morgan fingerprint density at radius 1 is 0.947 bits per heavy atom. The molecule has 5 heteroatoms. The van der Waals surface area contributed by atoms with Gasteiger partial charge in [0.15, 0.2) is 0 Å². The molecule has 0 saturated carbocycles. The molecular formula is C14H10ClNO2S. The number of halogens is 1. The highest BCUT2D eigenvalue weighted by molar-refractivity contribution is 7.94. The number of sulfone groups is 1. The molecule has 3 rings (SSSR count). The molecule has 1 aliphatic heterocycles. The molecular weight excluding hydrogens is 282 g/mol. The topological polar surface area (TPSA) is 46.2 Å². The zero-order chi connectivity index (χ0) is 13.5. The molecule has 1 heterocycles. The van der Waals surface area contributed by atoms with Crippen LogP contribution in [-0.4, -0.2) is 8.42 Å². The van der Waals surface area contributed by atoms with Crippen LogP contribution in [0.15, 0.2) is 58.8 Å². The SMILES string of the molecule is O=S1(=O)C=C(c2ccc(Cl)cc2)Nc2ccccc21. The Hall–Kier alpha value is -1.78. The quantitative estimate of drug-likeness (QED) is 0.874. The minimum absolute atomic E-state index is 0.299. The van der Waals surface area contributed by atoms with Gasteiger partial charge in [-0.15, -0.1) is 0 Å². The molecule has 96 valence electrons. The van der Waals surface area contributed by atoms with Crippen molar-refractivity contribution in [3.05, 3.63) is 64.5 Å². The van der Waals surface area contributed by atoms with Crippen LogP contribution < -0.4 is 5.32 Å². The molecule has 2 aromatic rings. The predicted octanol–water partition coefficient (Wildman–Crippen LogP) is 3.54. The molecule has 3 nitrogen and oxygen atoms in total. The zero-order valence-electron chi connectivity index (χ0n) is 9.80. The lowest BCUT2D eigenvalue weighted by atomic mass is 10.1. The number of hydrogen-bond acceptors (Lipinski definition) is 3. The van der Waals surface area contributed by atoms with Crippen LogP contribution in [0.5, 0.6) is 0 Å². The van der Waals surface area contributed by atoms with Crippen molar-refractivity contribution in [2.45, 2.75) is 4.90 Å². The van der Waals surface area contributed by atoms with E-state index in [1.165, 1.54) is 5.41 Å². The van der Waals surface area contributed by atoms with Gasteiger partial charge < -0.3 is 5.32 Å². The largest absolute Gasteiger partial charge is 0.353 e. The third kappa shape index (κ3) is 2.25. The summed E-state index contributed by atoms with van der Waals surface area (Å²) in [5.41, 5.74) is 1.92. The molecule has 1 N–H and O–H groups in total. The van der Waals surface area contributed by atoms with Crippen molar-refractivity contribution in [2.75, 3.05) is 5.32 Å². The number of benzene rings is 2. The molecule has 0 saturated heterocycles. The van der Waals surface area contributed by atoms with Crippen LogP contribution in [0.25, 0.3) is 5.70 Å². The minimum Gasteiger partial charge on any atom is -0.353 e. The van der Waals surface area contributed by atoms with Crippen molar-refractivity contribution < 1.29 is 8.42 Å². The standard InChI is InChI=1S/C14H10ClNO2S/c15-11-7-5-10(6-8-11)13-9-19(17,18)14-4-2-1-3-12(14)16-13/h1-9,16H. The average Bonchev–Trinajstić information content (AvgIpc) is 2.39. The number of hydrogen-bond donors (Lipinski definition) is 1. The molecule has 0 radical (unpaired) electrons. The highest BCUT2D eigenvalue weighted by Crippen LogP contribution is 2.32. The molecule has 0 unspecified atom stereocenters.